The Hall–Kier alpha value is -1.47. The number of hydrogen-bond acceptors (Lipinski definition) is 2. The second kappa shape index (κ2) is 8.58. The Morgan fingerprint density at radius 1 is 1.17 bits per heavy atom. The molecule has 160 valence electrons. The molecule has 2 unspecified atom stereocenters. The van der Waals surface area contributed by atoms with E-state index in [-0.39, 0.29) is 5.56 Å². The quantitative estimate of drug-likeness (QED) is 0.357. The van der Waals surface area contributed by atoms with E-state index >= 15 is 0 Å². The third-order valence-electron chi connectivity index (χ3n) is 5.25. The lowest BCUT2D eigenvalue weighted by atomic mass is 9.89. The Labute approximate surface area is 186 Å². The second-order valence-electron chi connectivity index (χ2n) is 7.59. The fourth-order valence-corrected chi connectivity index (χ4v) is 5.50. The van der Waals surface area contributed by atoms with Crippen LogP contribution in [0.15, 0.2) is 41.8 Å². The van der Waals surface area contributed by atoms with Crippen LogP contribution in [0, 0.1) is 6.92 Å². The van der Waals surface area contributed by atoms with Crippen LogP contribution in [-0.4, -0.2) is 16.5 Å². The molecule has 0 bridgehead atoms. The van der Waals surface area contributed by atoms with Gasteiger partial charge in [-0.1, -0.05) is 41.4 Å². The molecule has 0 aliphatic carbocycles. The van der Waals surface area contributed by atoms with Gasteiger partial charge in [-0.2, -0.15) is 17.7 Å². The van der Waals surface area contributed by atoms with Crippen molar-refractivity contribution in [3.63, 3.8) is 0 Å². The molecule has 8 heteroatoms. The van der Waals surface area contributed by atoms with Crippen LogP contribution in [0.3, 0.4) is 0 Å². The number of ketones is 1. The summed E-state index contributed by atoms with van der Waals surface area (Å²) in [6.07, 6.45) is -5.53. The Morgan fingerprint density at radius 3 is 2.37 bits per heavy atom. The minimum atomic E-state index is -4.36. The third-order valence-corrected chi connectivity index (χ3v) is 7.50. The molecule has 0 spiro atoms. The number of carbonyl (C=O) groups excluding carboxylic acids is 1. The Kier molecular flexibility index (Phi) is 6.63. The number of benzene rings is 2. The molecule has 2 aromatic carbocycles. The molecule has 0 saturated heterocycles. The molecule has 1 N–H and O–H groups in total. The first kappa shape index (κ1) is 23.2. The van der Waals surface area contributed by atoms with Crippen LogP contribution in [0.25, 0.3) is 5.57 Å². The van der Waals surface area contributed by atoms with E-state index in [9.17, 15) is 22.5 Å². The molecule has 0 aromatic heterocycles. The smallest absolute Gasteiger partial charge is 0.294 e. The normalized spacial score (nSPS) is 21.6. The van der Waals surface area contributed by atoms with Gasteiger partial charge in [-0.05, 0) is 43.2 Å². The number of Topliss-reactive ketones (excluding diaryl/α,β-unsaturated/α-hetero) is 1. The molecular formula is C22H20Cl2F3O2S+. The molecule has 0 fully saturated rings. The van der Waals surface area contributed by atoms with Gasteiger partial charge in [-0.15, -0.1) is 0 Å². The summed E-state index contributed by atoms with van der Waals surface area (Å²) in [7, 11) is 0. The molecule has 30 heavy (non-hydrogen) atoms. The monoisotopic (exact) mass is 475 g/mol. The van der Waals surface area contributed by atoms with E-state index in [0.29, 0.717) is 22.0 Å². The fraction of sp³-hybridized carbons (Fsp3) is 0.318. The average molecular weight is 476 g/mol. The van der Waals surface area contributed by atoms with E-state index in [1.807, 2.05) is 6.92 Å². The molecule has 1 heterocycles. The molecule has 1 aliphatic heterocycles. The largest absolute Gasteiger partial charge is 0.389 e. The summed E-state index contributed by atoms with van der Waals surface area (Å²) in [5.74, 6) is -0.530. The summed E-state index contributed by atoms with van der Waals surface area (Å²) in [6, 6.07) is 10.3. The maximum atomic E-state index is 12.4. The fourth-order valence-electron chi connectivity index (χ4n) is 3.56. The number of hydrogen-bond donors (Lipinski definition) is 1. The van der Waals surface area contributed by atoms with Gasteiger partial charge in [0.15, 0.2) is 27.1 Å². The van der Waals surface area contributed by atoms with Crippen molar-refractivity contribution in [3.05, 3.63) is 74.1 Å². The number of halogens is 5. The SMILES string of the molecule is Cc1cc(C2=C[S+](O)C(C)(c3cc(Cl)cc(Cl)c3)C2)ccc1C(=O)CCC(F)(F)F. The van der Waals surface area contributed by atoms with Crippen molar-refractivity contribution in [2.75, 3.05) is 0 Å². The van der Waals surface area contributed by atoms with Crippen LogP contribution in [0.1, 0.15) is 53.2 Å². The topological polar surface area (TPSA) is 37.3 Å². The zero-order valence-corrected chi connectivity index (χ0v) is 18.6. The third kappa shape index (κ3) is 5.05. The predicted molar refractivity (Wildman–Crippen MR) is 117 cm³/mol. The molecular weight excluding hydrogens is 456 g/mol. The average Bonchev–Trinajstić information content (AvgIpc) is 2.94. The highest BCUT2D eigenvalue weighted by atomic mass is 35.5. The lowest BCUT2D eigenvalue weighted by Crippen LogP contribution is -2.27. The van der Waals surface area contributed by atoms with E-state index in [0.717, 1.165) is 16.7 Å². The molecule has 0 amide bonds. The Morgan fingerprint density at radius 2 is 1.80 bits per heavy atom. The maximum Gasteiger partial charge on any atom is 0.389 e. The van der Waals surface area contributed by atoms with Crippen LogP contribution in [0.2, 0.25) is 10.0 Å². The van der Waals surface area contributed by atoms with E-state index in [4.69, 9.17) is 23.2 Å². The first-order valence-electron chi connectivity index (χ1n) is 9.19. The highest BCUT2D eigenvalue weighted by Crippen LogP contribution is 2.47. The van der Waals surface area contributed by atoms with Gasteiger partial charge in [0.1, 0.15) is 0 Å². The number of aryl methyl sites for hydroxylation is 1. The van der Waals surface area contributed by atoms with Crippen molar-refractivity contribution in [1.29, 1.82) is 0 Å². The van der Waals surface area contributed by atoms with Crippen LogP contribution >= 0.6 is 23.2 Å². The molecule has 0 radical (unpaired) electrons. The lowest BCUT2D eigenvalue weighted by molar-refractivity contribution is -0.133. The summed E-state index contributed by atoms with van der Waals surface area (Å²) in [6.45, 7) is 3.64. The molecule has 2 atom stereocenters. The number of allylic oxidation sites excluding steroid dienone is 1. The highest BCUT2D eigenvalue weighted by molar-refractivity contribution is 7.95. The maximum absolute atomic E-state index is 12.4. The van der Waals surface area contributed by atoms with Crippen LogP contribution < -0.4 is 0 Å². The Balaban J connectivity index is 1.82. The van der Waals surface area contributed by atoms with Gasteiger partial charge in [-0.3, -0.25) is 4.79 Å². The molecule has 2 nitrogen and oxygen atoms in total. The van der Waals surface area contributed by atoms with Crippen molar-refractivity contribution < 1.29 is 22.5 Å². The summed E-state index contributed by atoms with van der Waals surface area (Å²) in [5, 5.41) is 2.76. The number of carbonyl (C=O) groups is 1. The summed E-state index contributed by atoms with van der Waals surface area (Å²) in [4.78, 5) is 12.2. The van der Waals surface area contributed by atoms with Crippen molar-refractivity contribution in [2.24, 2.45) is 0 Å². The second-order valence-corrected chi connectivity index (χ2v) is 10.2. The van der Waals surface area contributed by atoms with Gasteiger partial charge in [0, 0.05) is 39.6 Å². The first-order chi connectivity index (χ1) is 13.9. The zero-order chi connectivity index (χ0) is 22.3. The first-order valence-corrected chi connectivity index (χ1v) is 11.2. The van der Waals surface area contributed by atoms with Crippen LogP contribution in [0.4, 0.5) is 13.2 Å². The van der Waals surface area contributed by atoms with E-state index < -0.39 is 40.7 Å². The van der Waals surface area contributed by atoms with Gasteiger partial charge in [0.25, 0.3) is 0 Å². The van der Waals surface area contributed by atoms with Gasteiger partial charge in [-0.25, -0.2) is 0 Å². The predicted octanol–water partition coefficient (Wildman–Crippen LogP) is 7.58. The standard InChI is InChI=1S/C22H20Cl2F3O2S/c1-13-7-14(3-4-19(13)20(28)5-6-22(25,26)27)15-11-21(2,30(29)12-15)16-8-17(23)10-18(24)9-16/h3-4,7-10,12,29H,5-6,11H2,1-2H3/q+1. The Bertz CT molecular complexity index is 1000. The van der Waals surface area contributed by atoms with E-state index in [2.05, 4.69) is 0 Å². The summed E-state index contributed by atoms with van der Waals surface area (Å²) < 4.78 is 47.4. The van der Waals surface area contributed by atoms with Crippen molar-refractivity contribution in [3.8, 4) is 0 Å². The van der Waals surface area contributed by atoms with Gasteiger partial charge in [0.05, 0.1) is 6.42 Å². The molecule has 0 saturated carbocycles. The van der Waals surface area contributed by atoms with Crippen molar-refractivity contribution in [1.82, 2.24) is 0 Å². The zero-order valence-electron chi connectivity index (χ0n) is 16.3. The molecule has 1 aliphatic rings. The molecule has 2 aromatic rings. The molecule has 3 rings (SSSR count). The van der Waals surface area contributed by atoms with Gasteiger partial charge < -0.3 is 0 Å². The van der Waals surface area contributed by atoms with Crippen LogP contribution in [0.5, 0.6) is 0 Å². The van der Waals surface area contributed by atoms with E-state index in [1.165, 1.54) is 0 Å². The van der Waals surface area contributed by atoms with Crippen LogP contribution in [-0.2, 0) is 15.9 Å². The summed E-state index contributed by atoms with van der Waals surface area (Å²) >= 11 is 11.2. The minimum Gasteiger partial charge on any atom is -0.294 e. The van der Waals surface area contributed by atoms with Gasteiger partial charge >= 0.3 is 6.18 Å². The van der Waals surface area contributed by atoms with Crippen molar-refractivity contribution in [2.45, 2.75) is 44.0 Å². The van der Waals surface area contributed by atoms with E-state index in [1.54, 1.807) is 48.7 Å². The van der Waals surface area contributed by atoms with Gasteiger partial charge in [0.2, 0.25) is 0 Å². The number of alkyl halides is 3. The minimum absolute atomic E-state index is 0.286. The summed E-state index contributed by atoms with van der Waals surface area (Å²) in [5.41, 5.74) is 3.44. The number of rotatable bonds is 5. The lowest BCUT2D eigenvalue weighted by Gasteiger charge is -2.20. The highest BCUT2D eigenvalue weighted by Gasteiger charge is 2.50. The van der Waals surface area contributed by atoms with Crippen molar-refractivity contribution >= 4 is 45.7 Å².